The average Bonchev–Trinajstić information content (AvgIpc) is 2.55. The van der Waals surface area contributed by atoms with E-state index in [1.165, 1.54) is 0 Å². The molecule has 0 unspecified atom stereocenters. The maximum atomic E-state index is 6.05. The monoisotopic (exact) mass is 347 g/mol. The van der Waals surface area contributed by atoms with Crippen LogP contribution in [0.1, 0.15) is 12.5 Å². The second kappa shape index (κ2) is 7.18. The molecule has 3 aromatic rings. The van der Waals surface area contributed by atoms with Crippen molar-refractivity contribution in [2.75, 3.05) is 6.61 Å². The number of ether oxygens (including phenoxy) is 1. The summed E-state index contributed by atoms with van der Waals surface area (Å²) >= 11 is 12.0. The normalized spacial score (nSPS) is 12.0. The highest BCUT2D eigenvalue weighted by atomic mass is 35.5. The van der Waals surface area contributed by atoms with Gasteiger partial charge in [0.25, 0.3) is 0 Å². The van der Waals surface area contributed by atoms with E-state index in [0.29, 0.717) is 28.8 Å². The molecule has 0 fully saturated rings. The SMILES string of the molecule is CCOCc1cc2cc(Cl)ccc2oc1=Nc1ccc(Cl)cc1. The lowest BCUT2D eigenvalue weighted by Crippen LogP contribution is -2.10. The van der Waals surface area contributed by atoms with Gasteiger partial charge in [-0.25, -0.2) is 4.99 Å². The third kappa shape index (κ3) is 3.94. The molecule has 0 N–H and O–H groups in total. The van der Waals surface area contributed by atoms with Crippen LogP contribution in [0.5, 0.6) is 0 Å². The zero-order valence-corrected chi connectivity index (χ0v) is 14.1. The summed E-state index contributed by atoms with van der Waals surface area (Å²) in [6.45, 7) is 2.99. The van der Waals surface area contributed by atoms with Crippen LogP contribution in [0, 0.1) is 0 Å². The largest absolute Gasteiger partial charge is 0.438 e. The van der Waals surface area contributed by atoms with Gasteiger partial charge in [-0.2, -0.15) is 0 Å². The van der Waals surface area contributed by atoms with Gasteiger partial charge in [-0.15, -0.1) is 0 Å². The van der Waals surface area contributed by atoms with Crippen LogP contribution in [0.3, 0.4) is 0 Å². The Labute approximate surface area is 144 Å². The van der Waals surface area contributed by atoms with E-state index < -0.39 is 0 Å². The molecule has 0 amide bonds. The van der Waals surface area contributed by atoms with Crippen molar-refractivity contribution in [1.82, 2.24) is 0 Å². The molecule has 0 aliphatic carbocycles. The fourth-order valence-electron chi connectivity index (χ4n) is 2.19. The highest BCUT2D eigenvalue weighted by Crippen LogP contribution is 2.20. The van der Waals surface area contributed by atoms with Crippen molar-refractivity contribution in [3.8, 4) is 0 Å². The van der Waals surface area contributed by atoms with E-state index in [0.717, 1.165) is 22.2 Å². The van der Waals surface area contributed by atoms with Crippen molar-refractivity contribution in [2.45, 2.75) is 13.5 Å². The fraction of sp³-hybridized carbons (Fsp3) is 0.167. The fourth-order valence-corrected chi connectivity index (χ4v) is 2.49. The summed E-state index contributed by atoms with van der Waals surface area (Å²) in [7, 11) is 0. The van der Waals surface area contributed by atoms with Crippen molar-refractivity contribution in [1.29, 1.82) is 0 Å². The first-order chi connectivity index (χ1) is 11.2. The summed E-state index contributed by atoms with van der Waals surface area (Å²) in [4.78, 5) is 4.57. The average molecular weight is 348 g/mol. The van der Waals surface area contributed by atoms with Crippen molar-refractivity contribution >= 4 is 39.9 Å². The van der Waals surface area contributed by atoms with Crippen LogP contribution in [-0.4, -0.2) is 6.61 Å². The molecule has 0 atom stereocenters. The molecule has 1 aromatic heterocycles. The van der Waals surface area contributed by atoms with Crippen LogP contribution >= 0.6 is 23.2 Å². The standard InChI is InChI=1S/C18H15Cl2NO2/c1-2-22-11-13-9-12-10-15(20)5-8-17(12)23-18(13)21-16-6-3-14(19)4-7-16/h3-10H,2,11H2,1H3. The lowest BCUT2D eigenvalue weighted by molar-refractivity contribution is 0.131. The number of halogens is 2. The molecule has 118 valence electrons. The molecule has 0 saturated heterocycles. The Kier molecular flexibility index (Phi) is 5.01. The molecule has 5 heteroatoms. The van der Waals surface area contributed by atoms with Gasteiger partial charge in [-0.3, -0.25) is 0 Å². The van der Waals surface area contributed by atoms with Gasteiger partial charge in [0.2, 0.25) is 5.55 Å². The Balaban J connectivity index is 2.15. The lowest BCUT2D eigenvalue weighted by Gasteiger charge is -2.05. The van der Waals surface area contributed by atoms with E-state index in [2.05, 4.69) is 4.99 Å². The molecule has 0 radical (unpaired) electrons. The molecule has 0 aliphatic heterocycles. The molecule has 0 saturated carbocycles. The highest BCUT2D eigenvalue weighted by Gasteiger charge is 2.05. The molecular formula is C18H15Cl2NO2. The van der Waals surface area contributed by atoms with Gasteiger partial charge in [0.1, 0.15) is 5.58 Å². The Hall–Kier alpha value is -1.81. The van der Waals surface area contributed by atoms with Crippen LogP contribution in [0.4, 0.5) is 5.69 Å². The lowest BCUT2D eigenvalue weighted by atomic mass is 10.2. The van der Waals surface area contributed by atoms with Crippen molar-refractivity contribution in [3.05, 3.63) is 69.7 Å². The summed E-state index contributed by atoms with van der Waals surface area (Å²) in [6, 6.07) is 14.8. The molecule has 3 rings (SSSR count). The number of hydrogen-bond donors (Lipinski definition) is 0. The van der Waals surface area contributed by atoms with Crippen LogP contribution in [-0.2, 0) is 11.3 Å². The number of hydrogen-bond acceptors (Lipinski definition) is 3. The first-order valence-corrected chi connectivity index (χ1v) is 8.01. The van der Waals surface area contributed by atoms with Crippen molar-refractivity contribution < 1.29 is 9.15 Å². The Bertz CT molecular complexity index is 886. The van der Waals surface area contributed by atoms with Gasteiger partial charge in [0.15, 0.2) is 0 Å². The predicted octanol–water partition coefficient (Wildman–Crippen LogP) is 5.51. The second-order valence-corrected chi connectivity index (χ2v) is 5.86. The first kappa shape index (κ1) is 16.1. The number of fused-ring (bicyclic) bond motifs is 1. The number of nitrogens with zero attached hydrogens (tertiary/aromatic N) is 1. The van der Waals surface area contributed by atoms with Crippen molar-refractivity contribution in [2.24, 2.45) is 4.99 Å². The number of benzene rings is 2. The zero-order chi connectivity index (χ0) is 16.2. The van der Waals surface area contributed by atoms with Crippen LogP contribution < -0.4 is 5.55 Å². The summed E-state index contributed by atoms with van der Waals surface area (Å²) in [5.74, 6) is 0. The Morgan fingerprint density at radius 3 is 2.48 bits per heavy atom. The van der Waals surface area contributed by atoms with E-state index >= 15 is 0 Å². The minimum atomic E-state index is 0.425. The second-order valence-electron chi connectivity index (χ2n) is 4.98. The van der Waals surface area contributed by atoms with E-state index in [9.17, 15) is 0 Å². The molecule has 2 aromatic carbocycles. The molecule has 0 aliphatic rings. The summed E-state index contributed by atoms with van der Waals surface area (Å²) in [5.41, 5.74) is 2.89. The Morgan fingerprint density at radius 2 is 1.74 bits per heavy atom. The maximum Gasteiger partial charge on any atom is 0.225 e. The summed E-state index contributed by atoms with van der Waals surface area (Å²) in [5, 5.41) is 2.25. The summed E-state index contributed by atoms with van der Waals surface area (Å²) in [6.07, 6.45) is 0. The van der Waals surface area contributed by atoms with Crippen molar-refractivity contribution in [3.63, 3.8) is 0 Å². The van der Waals surface area contributed by atoms with Gasteiger partial charge in [-0.05, 0) is 55.5 Å². The van der Waals surface area contributed by atoms with Gasteiger partial charge in [-0.1, -0.05) is 23.2 Å². The minimum Gasteiger partial charge on any atom is -0.438 e. The van der Waals surface area contributed by atoms with Crippen LogP contribution in [0.15, 0.2) is 57.9 Å². The Morgan fingerprint density at radius 1 is 1.00 bits per heavy atom. The van der Waals surface area contributed by atoms with Gasteiger partial charge >= 0.3 is 0 Å². The molecule has 0 spiro atoms. The number of rotatable bonds is 4. The van der Waals surface area contributed by atoms with E-state index in [1.54, 1.807) is 18.2 Å². The van der Waals surface area contributed by atoms with E-state index in [4.69, 9.17) is 32.4 Å². The molecular weight excluding hydrogens is 333 g/mol. The molecule has 0 bridgehead atoms. The zero-order valence-electron chi connectivity index (χ0n) is 12.6. The minimum absolute atomic E-state index is 0.425. The van der Waals surface area contributed by atoms with Crippen LogP contribution in [0.2, 0.25) is 10.0 Å². The highest BCUT2D eigenvalue weighted by molar-refractivity contribution is 6.31. The summed E-state index contributed by atoms with van der Waals surface area (Å²) < 4.78 is 11.5. The van der Waals surface area contributed by atoms with Gasteiger partial charge < -0.3 is 9.15 Å². The maximum absolute atomic E-state index is 6.05. The van der Waals surface area contributed by atoms with E-state index in [-0.39, 0.29) is 0 Å². The molecule has 3 nitrogen and oxygen atoms in total. The molecule has 23 heavy (non-hydrogen) atoms. The first-order valence-electron chi connectivity index (χ1n) is 7.26. The molecule has 1 heterocycles. The quantitative estimate of drug-likeness (QED) is 0.623. The van der Waals surface area contributed by atoms with Gasteiger partial charge in [0, 0.05) is 27.6 Å². The topological polar surface area (TPSA) is 34.7 Å². The third-order valence-corrected chi connectivity index (χ3v) is 3.79. The van der Waals surface area contributed by atoms with Gasteiger partial charge in [0.05, 0.1) is 12.3 Å². The van der Waals surface area contributed by atoms with Crippen LogP contribution in [0.25, 0.3) is 11.0 Å². The predicted molar refractivity (Wildman–Crippen MR) is 93.2 cm³/mol. The smallest absolute Gasteiger partial charge is 0.225 e. The third-order valence-electron chi connectivity index (χ3n) is 3.30. The van der Waals surface area contributed by atoms with E-state index in [1.807, 2.05) is 37.3 Å².